The lowest BCUT2D eigenvalue weighted by Gasteiger charge is -2.17. The van der Waals surface area contributed by atoms with Crippen LogP contribution in [0, 0.1) is 0 Å². The molecule has 5 nitrogen and oxygen atoms in total. The van der Waals surface area contributed by atoms with Gasteiger partial charge < -0.3 is 18.7 Å². The molecule has 0 aromatic carbocycles. The van der Waals surface area contributed by atoms with Crippen LogP contribution in [-0.4, -0.2) is 51.6 Å². The second kappa shape index (κ2) is 11.1. The Balaban J connectivity index is 3.66. The van der Waals surface area contributed by atoms with Crippen molar-refractivity contribution in [3.05, 3.63) is 12.2 Å². The Hall–Kier alpha value is -0.0425. The van der Waals surface area contributed by atoms with Crippen molar-refractivity contribution in [1.29, 1.82) is 0 Å². The highest BCUT2D eigenvalue weighted by molar-refractivity contribution is 6.69. The zero-order valence-corrected chi connectivity index (χ0v) is 17.1. The van der Waals surface area contributed by atoms with E-state index >= 15 is 0 Å². The zero-order valence-electron chi connectivity index (χ0n) is 11.1. The number of nitrogens with one attached hydrogen (secondary N) is 3. The van der Waals surface area contributed by atoms with Gasteiger partial charge in [0, 0.05) is 5.57 Å². The first kappa shape index (κ1) is 17.0. The molecule has 0 spiro atoms. The monoisotopic (exact) mass is 307 g/mol. The molecule has 0 fully saturated rings. The minimum Gasteiger partial charge on any atom is -0.462 e. The van der Waals surface area contributed by atoms with Crippen LogP contribution in [0.3, 0.4) is 0 Å². The van der Waals surface area contributed by atoms with Gasteiger partial charge >= 0.3 is 5.97 Å². The number of hydrogen-bond acceptors (Lipinski definition) is 5. The van der Waals surface area contributed by atoms with E-state index in [1.54, 1.807) is 6.92 Å². The van der Waals surface area contributed by atoms with Crippen molar-refractivity contribution in [3.63, 3.8) is 0 Å². The summed E-state index contributed by atoms with van der Waals surface area (Å²) in [7, 11) is -0.233. The van der Waals surface area contributed by atoms with Crippen molar-refractivity contribution in [2.45, 2.75) is 25.9 Å². The highest BCUT2D eigenvalue weighted by Gasteiger charge is 2.09. The molecule has 100 valence electrons. The lowest BCUT2D eigenvalue weighted by Crippen LogP contribution is -2.52. The third kappa shape index (κ3) is 9.64. The average Bonchev–Trinajstić information content (AvgIpc) is 2.30. The molecule has 0 bridgehead atoms. The van der Waals surface area contributed by atoms with Crippen LogP contribution in [0.15, 0.2) is 12.2 Å². The molecule has 17 heavy (non-hydrogen) atoms. The summed E-state index contributed by atoms with van der Waals surface area (Å²) in [6.07, 6.45) is 0.944. The van der Waals surface area contributed by atoms with Gasteiger partial charge in [-0.25, -0.2) is 4.79 Å². The van der Waals surface area contributed by atoms with E-state index in [4.69, 9.17) is 4.74 Å². The molecular formula is C8H25N3O2Si4. The number of carbonyl (C=O) groups is 1. The van der Waals surface area contributed by atoms with Gasteiger partial charge in [0.2, 0.25) is 0 Å². The average molecular weight is 308 g/mol. The molecule has 0 aromatic heterocycles. The molecular weight excluding hydrogens is 282 g/mol. The first-order valence-electron chi connectivity index (χ1n) is 6.05. The van der Waals surface area contributed by atoms with E-state index in [-0.39, 0.29) is 25.5 Å². The highest BCUT2D eigenvalue weighted by Crippen LogP contribution is 1.97. The fourth-order valence-electron chi connectivity index (χ4n) is 1.32. The first-order valence-corrected chi connectivity index (χ1v) is 12.6. The number of carbonyl (C=O) groups excluding carboxylic acids is 1. The SMILES string of the molecule is C=C(C)C(=O)OCCC[SiH](N[SiH2]C)N[SiH2]N[SiH3]. The number of esters is 1. The van der Waals surface area contributed by atoms with Gasteiger partial charge in [-0.2, -0.15) is 0 Å². The zero-order chi connectivity index (χ0) is 13.1. The molecule has 0 aliphatic heterocycles. The Kier molecular flexibility index (Phi) is 11.0. The smallest absolute Gasteiger partial charge is 0.333 e. The summed E-state index contributed by atoms with van der Waals surface area (Å²) in [5.74, 6) is -0.274. The molecule has 9 heteroatoms. The summed E-state index contributed by atoms with van der Waals surface area (Å²) >= 11 is 0. The Morgan fingerprint density at radius 3 is 2.76 bits per heavy atom. The van der Waals surface area contributed by atoms with Crippen LogP contribution in [-0.2, 0) is 9.53 Å². The van der Waals surface area contributed by atoms with Gasteiger partial charge in [-0.1, -0.05) is 13.1 Å². The van der Waals surface area contributed by atoms with E-state index in [2.05, 4.69) is 27.1 Å². The largest absolute Gasteiger partial charge is 0.462 e. The van der Waals surface area contributed by atoms with Crippen molar-refractivity contribution in [2.75, 3.05) is 6.61 Å². The second-order valence-electron chi connectivity index (χ2n) is 3.90. The van der Waals surface area contributed by atoms with Crippen LogP contribution in [0.2, 0.25) is 12.6 Å². The van der Waals surface area contributed by atoms with Gasteiger partial charge in [-0.15, -0.1) is 0 Å². The summed E-state index contributed by atoms with van der Waals surface area (Å²) in [4.78, 5) is 11.2. The van der Waals surface area contributed by atoms with Crippen LogP contribution in [0.25, 0.3) is 0 Å². The van der Waals surface area contributed by atoms with Crippen molar-refractivity contribution in [1.82, 2.24) is 13.9 Å². The lowest BCUT2D eigenvalue weighted by atomic mass is 10.4. The van der Waals surface area contributed by atoms with E-state index < -0.39 is 9.12 Å². The van der Waals surface area contributed by atoms with Gasteiger partial charge in [-0.05, 0) is 19.4 Å². The maximum Gasteiger partial charge on any atom is 0.333 e. The molecule has 0 amide bonds. The van der Waals surface area contributed by atoms with Crippen LogP contribution in [0.1, 0.15) is 13.3 Å². The molecule has 0 aromatic rings. The maximum absolute atomic E-state index is 11.2. The molecule has 0 aliphatic rings. The van der Waals surface area contributed by atoms with Crippen LogP contribution < -0.4 is 13.9 Å². The van der Waals surface area contributed by atoms with E-state index in [1.165, 1.54) is 0 Å². The molecule has 3 N–H and O–H groups in total. The third-order valence-electron chi connectivity index (χ3n) is 2.19. The first-order chi connectivity index (χ1) is 8.11. The maximum atomic E-state index is 11.2. The Bertz CT molecular complexity index is 243. The van der Waals surface area contributed by atoms with Gasteiger partial charge in [0.05, 0.1) is 26.7 Å². The predicted molar refractivity (Wildman–Crippen MR) is 84.6 cm³/mol. The minimum absolute atomic E-state index is 0.0911. The second-order valence-corrected chi connectivity index (χ2v) is 12.7. The lowest BCUT2D eigenvalue weighted by molar-refractivity contribution is -0.138. The molecule has 0 saturated heterocycles. The summed E-state index contributed by atoms with van der Waals surface area (Å²) < 4.78 is 15.7. The van der Waals surface area contributed by atoms with Gasteiger partial charge in [0.1, 0.15) is 0 Å². The summed E-state index contributed by atoms with van der Waals surface area (Å²) in [6, 6.07) is 1.14. The molecule has 0 saturated carbocycles. The number of hydrogen-bond donors (Lipinski definition) is 3. The number of ether oxygens (including phenoxy) is 1. The van der Waals surface area contributed by atoms with Crippen molar-refractivity contribution >= 4 is 45.0 Å². The Labute approximate surface area is 113 Å². The molecule has 0 heterocycles. The van der Waals surface area contributed by atoms with Gasteiger partial charge in [0.15, 0.2) is 19.0 Å². The fourth-order valence-corrected chi connectivity index (χ4v) is 11.0. The van der Waals surface area contributed by atoms with E-state index in [9.17, 15) is 4.79 Å². The quantitative estimate of drug-likeness (QED) is 0.173. The summed E-state index contributed by atoms with van der Waals surface area (Å²) in [5.41, 5.74) is 0.476. The number of rotatable bonds is 10. The van der Waals surface area contributed by atoms with Crippen molar-refractivity contribution in [3.8, 4) is 0 Å². The van der Waals surface area contributed by atoms with Crippen LogP contribution >= 0.6 is 0 Å². The summed E-state index contributed by atoms with van der Waals surface area (Å²) in [6.45, 7) is 8.01. The normalized spacial score (nSPS) is 13.8. The third-order valence-corrected chi connectivity index (χ3v) is 11.0. The van der Waals surface area contributed by atoms with E-state index in [0.29, 0.717) is 12.2 Å². The highest BCUT2D eigenvalue weighted by atomic mass is 28.4. The van der Waals surface area contributed by atoms with Crippen LogP contribution in [0.4, 0.5) is 0 Å². The van der Waals surface area contributed by atoms with Gasteiger partial charge in [0.25, 0.3) is 0 Å². The molecule has 0 radical (unpaired) electrons. The molecule has 0 rings (SSSR count). The minimum atomic E-state index is -0.970. The predicted octanol–water partition coefficient (Wildman–Crippen LogP) is -3.10. The molecule has 0 aliphatic carbocycles. The Morgan fingerprint density at radius 2 is 2.24 bits per heavy atom. The molecule has 1 unspecified atom stereocenters. The van der Waals surface area contributed by atoms with Crippen molar-refractivity contribution < 1.29 is 9.53 Å². The molecule has 1 atom stereocenters. The Morgan fingerprint density at radius 1 is 1.53 bits per heavy atom. The van der Waals surface area contributed by atoms with Gasteiger partial charge in [-0.3, -0.25) is 0 Å². The van der Waals surface area contributed by atoms with E-state index in [1.807, 2.05) is 0 Å². The van der Waals surface area contributed by atoms with Crippen LogP contribution in [0.5, 0.6) is 0 Å². The standard InChI is InChI=1S/C8H25N3O2Si4/c1-7(2)8(12)13-5-4-6-17(10-15-3)11-16-9-14/h9-11,17H,1,4-6,15-16H2,2-3,14H3. The summed E-state index contributed by atoms with van der Waals surface area (Å²) in [5, 5.41) is 0. The topological polar surface area (TPSA) is 62.4 Å². The van der Waals surface area contributed by atoms with E-state index in [0.717, 1.165) is 22.9 Å². The van der Waals surface area contributed by atoms with Crippen molar-refractivity contribution in [2.24, 2.45) is 0 Å². The fraction of sp³-hybridized carbons (Fsp3) is 0.625.